The molecule has 0 bridgehead atoms. The van der Waals surface area contributed by atoms with Gasteiger partial charge in [-0.1, -0.05) is 18.2 Å². The molecule has 1 unspecified atom stereocenters. The lowest BCUT2D eigenvalue weighted by Crippen LogP contribution is -2.28. The van der Waals surface area contributed by atoms with E-state index in [4.69, 9.17) is 5.84 Å². The zero-order valence-corrected chi connectivity index (χ0v) is 10.6. The fourth-order valence-electron chi connectivity index (χ4n) is 2.34. The highest BCUT2D eigenvalue weighted by Crippen LogP contribution is 2.27. The molecule has 5 nitrogen and oxygen atoms in total. The molecule has 1 atom stereocenters. The molecule has 0 spiro atoms. The lowest BCUT2D eigenvalue weighted by molar-refractivity contribution is 0.639. The van der Waals surface area contributed by atoms with Gasteiger partial charge in [0, 0.05) is 36.6 Å². The average molecular weight is 253 g/mol. The van der Waals surface area contributed by atoms with Crippen molar-refractivity contribution in [2.24, 2.45) is 12.9 Å². The zero-order valence-electron chi connectivity index (χ0n) is 10.6. The molecule has 0 radical (unpaired) electrons. The number of hydrazine groups is 1. The number of aromatic nitrogens is 3. The Labute approximate surface area is 111 Å². The van der Waals surface area contributed by atoms with Crippen LogP contribution >= 0.6 is 0 Å². The third kappa shape index (κ3) is 2.09. The van der Waals surface area contributed by atoms with Crippen LogP contribution in [0.1, 0.15) is 17.2 Å². The molecule has 0 aliphatic heterocycles. The van der Waals surface area contributed by atoms with Gasteiger partial charge >= 0.3 is 0 Å². The van der Waals surface area contributed by atoms with Crippen LogP contribution in [-0.2, 0) is 7.05 Å². The standard InChI is InChI=1S/C14H15N5/c1-19-9-11(7-17-19)14(18-15)12-4-2-3-10-5-6-16-8-13(10)12/h2-9,14,18H,15H2,1H3. The van der Waals surface area contributed by atoms with Crippen LogP contribution in [0.3, 0.4) is 0 Å². The van der Waals surface area contributed by atoms with Gasteiger partial charge in [0.15, 0.2) is 0 Å². The SMILES string of the molecule is Cn1cc(C(NN)c2cccc3ccncc23)cn1. The van der Waals surface area contributed by atoms with Crippen molar-refractivity contribution in [1.29, 1.82) is 0 Å². The predicted molar refractivity (Wildman–Crippen MR) is 74.1 cm³/mol. The van der Waals surface area contributed by atoms with Crippen LogP contribution in [0.5, 0.6) is 0 Å². The molecule has 96 valence electrons. The molecule has 19 heavy (non-hydrogen) atoms. The van der Waals surface area contributed by atoms with Crippen molar-refractivity contribution in [1.82, 2.24) is 20.2 Å². The molecule has 0 aliphatic rings. The van der Waals surface area contributed by atoms with E-state index in [1.165, 1.54) is 0 Å². The number of benzene rings is 1. The average Bonchev–Trinajstić information content (AvgIpc) is 2.86. The van der Waals surface area contributed by atoms with Crippen molar-refractivity contribution in [3.63, 3.8) is 0 Å². The summed E-state index contributed by atoms with van der Waals surface area (Å²) in [5.41, 5.74) is 4.99. The van der Waals surface area contributed by atoms with Gasteiger partial charge in [-0.2, -0.15) is 5.10 Å². The normalized spacial score (nSPS) is 12.7. The molecule has 3 rings (SSSR count). The van der Waals surface area contributed by atoms with Gasteiger partial charge < -0.3 is 0 Å². The van der Waals surface area contributed by atoms with E-state index in [0.717, 1.165) is 21.9 Å². The number of nitrogens with one attached hydrogen (secondary N) is 1. The summed E-state index contributed by atoms with van der Waals surface area (Å²) in [5.74, 6) is 5.73. The maximum Gasteiger partial charge on any atom is 0.0747 e. The van der Waals surface area contributed by atoms with Gasteiger partial charge in [-0.25, -0.2) is 5.43 Å². The van der Waals surface area contributed by atoms with E-state index in [9.17, 15) is 0 Å². The second kappa shape index (κ2) is 4.79. The molecular weight excluding hydrogens is 238 g/mol. The fraction of sp³-hybridized carbons (Fsp3) is 0.143. The Balaban J connectivity index is 2.16. The first-order valence-corrected chi connectivity index (χ1v) is 6.07. The Hall–Kier alpha value is -2.24. The lowest BCUT2D eigenvalue weighted by atomic mass is 9.97. The highest BCUT2D eigenvalue weighted by molar-refractivity contribution is 5.85. The van der Waals surface area contributed by atoms with Crippen molar-refractivity contribution in [3.05, 3.63) is 60.2 Å². The number of pyridine rings is 1. The summed E-state index contributed by atoms with van der Waals surface area (Å²) in [6, 6.07) is 8.05. The number of hydrogen-bond donors (Lipinski definition) is 2. The monoisotopic (exact) mass is 253 g/mol. The number of aryl methyl sites for hydroxylation is 1. The van der Waals surface area contributed by atoms with Gasteiger partial charge in [0.1, 0.15) is 0 Å². The van der Waals surface area contributed by atoms with Crippen LogP contribution in [-0.4, -0.2) is 14.8 Å². The molecule has 5 heteroatoms. The van der Waals surface area contributed by atoms with Crippen molar-refractivity contribution in [3.8, 4) is 0 Å². The number of fused-ring (bicyclic) bond motifs is 1. The third-order valence-corrected chi connectivity index (χ3v) is 3.25. The van der Waals surface area contributed by atoms with E-state index in [1.54, 1.807) is 10.9 Å². The summed E-state index contributed by atoms with van der Waals surface area (Å²) < 4.78 is 1.77. The minimum Gasteiger partial charge on any atom is -0.275 e. The summed E-state index contributed by atoms with van der Waals surface area (Å²) in [4.78, 5) is 4.20. The van der Waals surface area contributed by atoms with Gasteiger partial charge in [0.25, 0.3) is 0 Å². The van der Waals surface area contributed by atoms with Crippen molar-refractivity contribution in [2.45, 2.75) is 6.04 Å². The minimum atomic E-state index is -0.0957. The first-order valence-electron chi connectivity index (χ1n) is 6.07. The summed E-state index contributed by atoms with van der Waals surface area (Å²) in [6.07, 6.45) is 7.44. The fourth-order valence-corrected chi connectivity index (χ4v) is 2.34. The number of nitrogens with two attached hydrogens (primary N) is 1. The molecule has 0 saturated heterocycles. The van der Waals surface area contributed by atoms with E-state index >= 15 is 0 Å². The minimum absolute atomic E-state index is 0.0957. The zero-order chi connectivity index (χ0) is 13.2. The molecule has 3 N–H and O–H groups in total. The molecule has 0 fully saturated rings. The van der Waals surface area contributed by atoms with E-state index < -0.39 is 0 Å². The number of hydrogen-bond acceptors (Lipinski definition) is 4. The van der Waals surface area contributed by atoms with E-state index in [1.807, 2.05) is 37.8 Å². The van der Waals surface area contributed by atoms with Gasteiger partial charge in [-0.15, -0.1) is 0 Å². The van der Waals surface area contributed by atoms with Crippen molar-refractivity contribution >= 4 is 10.8 Å². The molecule has 1 aromatic carbocycles. The van der Waals surface area contributed by atoms with Crippen LogP contribution < -0.4 is 11.3 Å². The summed E-state index contributed by atoms with van der Waals surface area (Å²) in [6.45, 7) is 0. The molecule has 2 aromatic heterocycles. The molecule has 0 saturated carbocycles. The maximum atomic E-state index is 5.73. The highest BCUT2D eigenvalue weighted by atomic mass is 15.3. The largest absolute Gasteiger partial charge is 0.275 e. The lowest BCUT2D eigenvalue weighted by Gasteiger charge is -2.16. The highest BCUT2D eigenvalue weighted by Gasteiger charge is 2.16. The molecule has 2 heterocycles. The van der Waals surface area contributed by atoms with E-state index in [-0.39, 0.29) is 6.04 Å². The van der Waals surface area contributed by atoms with Crippen LogP contribution in [0, 0.1) is 0 Å². The number of rotatable bonds is 3. The predicted octanol–water partition coefficient (Wildman–Crippen LogP) is 1.52. The van der Waals surface area contributed by atoms with Crippen molar-refractivity contribution < 1.29 is 0 Å². The second-order valence-electron chi connectivity index (χ2n) is 4.49. The molecular formula is C14H15N5. The summed E-state index contributed by atoms with van der Waals surface area (Å²) >= 11 is 0. The first kappa shape index (κ1) is 11.8. The number of nitrogens with zero attached hydrogens (tertiary/aromatic N) is 3. The quantitative estimate of drug-likeness (QED) is 0.548. The molecule has 0 aliphatic carbocycles. The van der Waals surface area contributed by atoms with E-state index in [2.05, 4.69) is 27.6 Å². The van der Waals surface area contributed by atoms with Crippen molar-refractivity contribution in [2.75, 3.05) is 0 Å². The van der Waals surface area contributed by atoms with Crippen LogP contribution in [0.15, 0.2) is 49.1 Å². The van der Waals surface area contributed by atoms with Crippen LogP contribution in [0.25, 0.3) is 10.8 Å². The Morgan fingerprint density at radius 3 is 2.89 bits per heavy atom. The molecule has 0 amide bonds. The van der Waals surface area contributed by atoms with Crippen LogP contribution in [0.2, 0.25) is 0 Å². The maximum absolute atomic E-state index is 5.73. The van der Waals surface area contributed by atoms with Gasteiger partial charge in [-0.05, 0) is 17.0 Å². The Kier molecular flexibility index (Phi) is 2.98. The van der Waals surface area contributed by atoms with Crippen LogP contribution in [0.4, 0.5) is 0 Å². The smallest absolute Gasteiger partial charge is 0.0747 e. The first-order chi connectivity index (χ1) is 9.29. The summed E-state index contributed by atoms with van der Waals surface area (Å²) in [7, 11) is 1.89. The topological polar surface area (TPSA) is 68.8 Å². The molecule has 3 aromatic rings. The Morgan fingerprint density at radius 2 is 2.16 bits per heavy atom. The Bertz CT molecular complexity index is 698. The van der Waals surface area contributed by atoms with Gasteiger partial charge in [0.2, 0.25) is 0 Å². The Morgan fingerprint density at radius 1 is 1.26 bits per heavy atom. The van der Waals surface area contributed by atoms with Gasteiger partial charge in [-0.3, -0.25) is 15.5 Å². The second-order valence-corrected chi connectivity index (χ2v) is 4.49. The van der Waals surface area contributed by atoms with E-state index in [0.29, 0.717) is 0 Å². The summed E-state index contributed by atoms with van der Waals surface area (Å²) in [5, 5.41) is 6.44. The third-order valence-electron chi connectivity index (χ3n) is 3.25. The van der Waals surface area contributed by atoms with Gasteiger partial charge in [0.05, 0.1) is 12.2 Å².